The lowest BCUT2D eigenvalue weighted by Crippen LogP contribution is -2.50. The fraction of sp³-hybridized carbons (Fsp3) is 0.550. The number of rotatable bonds is 3. The molecule has 27 heavy (non-hydrogen) atoms. The van der Waals surface area contributed by atoms with Gasteiger partial charge in [0.2, 0.25) is 0 Å². The summed E-state index contributed by atoms with van der Waals surface area (Å²) < 4.78 is 12.6. The second-order valence-corrected chi connectivity index (χ2v) is 7.87. The fourth-order valence-corrected chi connectivity index (χ4v) is 3.40. The Balaban J connectivity index is 1.86. The second-order valence-electron chi connectivity index (χ2n) is 7.87. The molecule has 1 saturated heterocycles. The Morgan fingerprint density at radius 2 is 1.93 bits per heavy atom. The number of esters is 1. The molecule has 3 rings (SSSR count). The Labute approximate surface area is 159 Å². The van der Waals surface area contributed by atoms with Gasteiger partial charge in [-0.15, -0.1) is 0 Å². The van der Waals surface area contributed by atoms with Gasteiger partial charge in [-0.05, 0) is 58.7 Å². The molecule has 0 atom stereocenters. The normalized spacial score (nSPS) is 17.0. The van der Waals surface area contributed by atoms with Gasteiger partial charge < -0.3 is 14.4 Å². The minimum absolute atomic E-state index is 0.280. The molecule has 1 fully saturated rings. The molecule has 0 unspecified atom stereocenters. The van der Waals surface area contributed by atoms with E-state index >= 15 is 0 Å². The molecule has 1 aliphatic heterocycles. The molecule has 1 aliphatic rings. The van der Waals surface area contributed by atoms with E-state index in [9.17, 15) is 9.59 Å². The highest BCUT2D eigenvalue weighted by Gasteiger charge is 2.47. The maximum absolute atomic E-state index is 12.9. The first kappa shape index (κ1) is 19.2. The highest BCUT2D eigenvalue weighted by molar-refractivity contribution is 5.84. The van der Waals surface area contributed by atoms with Crippen molar-refractivity contribution in [1.82, 2.24) is 14.5 Å². The van der Waals surface area contributed by atoms with E-state index in [1.54, 1.807) is 16.3 Å². The third-order valence-corrected chi connectivity index (χ3v) is 4.80. The SMILES string of the molecule is CCOC(=O)C1(c2cc3ccccn3n2)CCN(C(=O)OC(C)(C)C)CC1. The summed E-state index contributed by atoms with van der Waals surface area (Å²) in [5, 5.41) is 4.62. The smallest absolute Gasteiger partial charge is 0.410 e. The average Bonchev–Trinajstić information content (AvgIpc) is 3.05. The minimum atomic E-state index is -0.847. The van der Waals surface area contributed by atoms with Crippen LogP contribution >= 0.6 is 0 Å². The van der Waals surface area contributed by atoms with Gasteiger partial charge in [0.05, 0.1) is 17.8 Å². The number of fused-ring (bicyclic) bond motifs is 1. The Hall–Kier alpha value is -2.57. The molecule has 0 aliphatic carbocycles. The third-order valence-electron chi connectivity index (χ3n) is 4.80. The lowest BCUT2D eigenvalue weighted by Gasteiger charge is -2.39. The highest BCUT2D eigenvalue weighted by atomic mass is 16.6. The number of ether oxygens (including phenoxy) is 2. The Morgan fingerprint density at radius 1 is 1.22 bits per heavy atom. The number of nitrogens with zero attached hydrogens (tertiary/aromatic N) is 3. The van der Waals surface area contributed by atoms with Gasteiger partial charge in [0.1, 0.15) is 11.0 Å². The predicted octanol–water partition coefficient (Wildman–Crippen LogP) is 3.17. The first-order chi connectivity index (χ1) is 12.7. The zero-order valence-electron chi connectivity index (χ0n) is 16.4. The van der Waals surface area contributed by atoms with Crippen molar-refractivity contribution >= 4 is 17.6 Å². The van der Waals surface area contributed by atoms with Crippen LogP contribution in [0.3, 0.4) is 0 Å². The van der Waals surface area contributed by atoms with Crippen LogP contribution in [0.5, 0.6) is 0 Å². The monoisotopic (exact) mass is 373 g/mol. The molecule has 146 valence electrons. The molecule has 0 aromatic carbocycles. The molecular formula is C20H27N3O4. The maximum atomic E-state index is 12.9. The quantitative estimate of drug-likeness (QED) is 0.773. The number of carbonyl (C=O) groups excluding carboxylic acids is 2. The van der Waals surface area contributed by atoms with E-state index in [-0.39, 0.29) is 12.1 Å². The standard InChI is InChI=1S/C20H27N3O4/c1-5-26-17(24)20(16-14-15-8-6-7-11-23(15)21-16)9-12-22(13-10-20)18(25)27-19(2,3)4/h6-8,11,14H,5,9-10,12-13H2,1-4H3. The molecule has 0 bridgehead atoms. The molecule has 2 aromatic rings. The van der Waals surface area contributed by atoms with Crippen LogP contribution in [-0.4, -0.2) is 51.9 Å². The predicted molar refractivity (Wildman–Crippen MR) is 101 cm³/mol. The van der Waals surface area contributed by atoms with Crippen molar-refractivity contribution in [2.75, 3.05) is 19.7 Å². The van der Waals surface area contributed by atoms with Gasteiger partial charge >= 0.3 is 12.1 Å². The average molecular weight is 373 g/mol. The van der Waals surface area contributed by atoms with Crippen molar-refractivity contribution in [2.24, 2.45) is 0 Å². The van der Waals surface area contributed by atoms with Crippen LogP contribution in [0.1, 0.15) is 46.2 Å². The van der Waals surface area contributed by atoms with Gasteiger partial charge in [-0.2, -0.15) is 5.10 Å². The fourth-order valence-electron chi connectivity index (χ4n) is 3.40. The van der Waals surface area contributed by atoms with Gasteiger partial charge in [-0.1, -0.05) is 6.07 Å². The molecule has 7 heteroatoms. The van der Waals surface area contributed by atoms with E-state index in [2.05, 4.69) is 5.10 Å². The third kappa shape index (κ3) is 3.91. The lowest BCUT2D eigenvalue weighted by molar-refractivity contribution is -0.152. The van der Waals surface area contributed by atoms with E-state index in [1.165, 1.54) is 0 Å². The van der Waals surface area contributed by atoms with Crippen molar-refractivity contribution < 1.29 is 19.1 Å². The topological polar surface area (TPSA) is 73.1 Å². The summed E-state index contributed by atoms with van der Waals surface area (Å²) in [5.41, 5.74) is 0.219. The molecular weight excluding hydrogens is 346 g/mol. The molecule has 7 nitrogen and oxygen atoms in total. The molecule has 0 spiro atoms. The van der Waals surface area contributed by atoms with Crippen molar-refractivity contribution in [3.05, 3.63) is 36.2 Å². The summed E-state index contributed by atoms with van der Waals surface area (Å²) in [4.78, 5) is 26.9. The van der Waals surface area contributed by atoms with Crippen LogP contribution in [0, 0.1) is 0 Å². The summed E-state index contributed by atoms with van der Waals surface area (Å²) in [6.45, 7) is 8.47. The van der Waals surface area contributed by atoms with E-state index in [0.29, 0.717) is 38.2 Å². The largest absolute Gasteiger partial charge is 0.465 e. The lowest BCUT2D eigenvalue weighted by atomic mass is 9.75. The van der Waals surface area contributed by atoms with Crippen LogP contribution in [0.4, 0.5) is 4.79 Å². The Morgan fingerprint density at radius 3 is 2.52 bits per heavy atom. The second kappa shape index (κ2) is 7.21. The van der Waals surface area contributed by atoms with E-state index < -0.39 is 11.0 Å². The van der Waals surface area contributed by atoms with Crippen molar-refractivity contribution in [2.45, 2.75) is 51.6 Å². The Kier molecular flexibility index (Phi) is 5.13. The summed E-state index contributed by atoms with van der Waals surface area (Å²) in [7, 11) is 0. The number of hydrogen-bond donors (Lipinski definition) is 0. The number of pyridine rings is 1. The molecule has 0 saturated carbocycles. The molecule has 1 amide bonds. The Bertz CT molecular complexity index is 796. The van der Waals surface area contributed by atoms with Crippen molar-refractivity contribution in [3.63, 3.8) is 0 Å². The van der Waals surface area contributed by atoms with Gasteiger partial charge in [0.15, 0.2) is 0 Å². The molecule has 3 heterocycles. The first-order valence-electron chi connectivity index (χ1n) is 9.35. The van der Waals surface area contributed by atoms with Crippen LogP contribution in [0.15, 0.2) is 30.5 Å². The number of likely N-dealkylation sites (tertiary alicyclic amines) is 1. The summed E-state index contributed by atoms with van der Waals surface area (Å²) in [6.07, 6.45) is 2.41. The van der Waals surface area contributed by atoms with Crippen molar-refractivity contribution in [1.29, 1.82) is 0 Å². The van der Waals surface area contributed by atoms with Crippen LogP contribution in [0.2, 0.25) is 0 Å². The van der Waals surface area contributed by atoms with Gasteiger partial charge in [-0.3, -0.25) is 4.79 Å². The van der Waals surface area contributed by atoms with Gasteiger partial charge in [0.25, 0.3) is 0 Å². The van der Waals surface area contributed by atoms with Crippen LogP contribution in [0.25, 0.3) is 5.52 Å². The van der Waals surface area contributed by atoms with Crippen LogP contribution in [-0.2, 0) is 19.7 Å². The van der Waals surface area contributed by atoms with Crippen LogP contribution < -0.4 is 0 Å². The van der Waals surface area contributed by atoms with Gasteiger partial charge in [-0.25, -0.2) is 9.31 Å². The molecule has 0 N–H and O–H groups in total. The van der Waals surface area contributed by atoms with Crippen molar-refractivity contribution in [3.8, 4) is 0 Å². The van der Waals surface area contributed by atoms with Gasteiger partial charge in [0, 0.05) is 19.3 Å². The highest BCUT2D eigenvalue weighted by Crippen LogP contribution is 2.37. The summed E-state index contributed by atoms with van der Waals surface area (Å²) >= 11 is 0. The molecule has 2 aromatic heterocycles. The first-order valence-corrected chi connectivity index (χ1v) is 9.35. The number of carbonyl (C=O) groups is 2. The number of aromatic nitrogens is 2. The van der Waals surface area contributed by atoms with E-state index in [4.69, 9.17) is 9.47 Å². The summed E-state index contributed by atoms with van der Waals surface area (Å²) in [5.74, 6) is -0.280. The maximum Gasteiger partial charge on any atom is 0.410 e. The number of hydrogen-bond acceptors (Lipinski definition) is 5. The summed E-state index contributed by atoms with van der Waals surface area (Å²) in [6, 6.07) is 7.71. The van der Waals surface area contributed by atoms with E-state index in [1.807, 2.05) is 51.2 Å². The van der Waals surface area contributed by atoms with E-state index in [0.717, 1.165) is 5.52 Å². The zero-order chi connectivity index (χ0) is 19.7. The number of piperidine rings is 1. The molecule has 0 radical (unpaired) electrons. The minimum Gasteiger partial charge on any atom is -0.465 e. The number of amides is 1. The zero-order valence-corrected chi connectivity index (χ0v) is 16.4.